The third-order valence-electron chi connectivity index (χ3n) is 5.12. The lowest BCUT2D eigenvalue weighted by Crippen LogP contribution is -3.28. The van der Waals surface area contributed by atoms with E-state index in [1.54, 1.807) is 13.2 Å². The lowest BCUT2D eigenvalue weighted by Gasteiger charge is -2.29. The van der Waals surface area contributed by atoms with Gasteiger partial charge in [-0.3, -0.25) is 4.79 Å². The number of rotatable bonds is 8. The van der Waals surface area contributed by atoms with Gasteiger partial charge in [0.25, 0.3) is 5.91 Å². The van der Waals surface area contributed by atoms with E-state index in [1.807, 2.05) is 0 Å². The van der Waals surface area contributed by atoms with E-state index in [2.05, 4.69) is 10.1 Å². The van der Waals surface area contributed by atoms with Gasteiger partial charge in [-0.25, -0.2) is 4.39 Å². The molecule has 3 N–H and O–H groups in total. The molecule has 0 radical (unpaired) electrons. The number of benzene rings is 2. The number of ether oxygens (including phenoxy) is 2. The Morgan fingerprint density at radius 3 is 2.37 bits per heavy atom. The first kappa shape index (κ1) is 21.9. The first-order chi connectivity index (χ1) is 14.4. The van der Waals surface area contributed by atoms with E-state index < -0.39 is 6.61 Å². The number of amides is 1. The van der Waals surface area contributed by atoms with Gasteiger partial charge in [-0.15, -0.1) is 0 Å². The van der Waals surface area contributed by atoms with Crippen LogP contribution in [0.2, 0.25) is 0 Å². The predicted molar refractivity (Wildman–Crippen MR) is 105 cm³/mol. The largest absolute Gasteiger partial charge is 0.496 e. The Kier molecular flexibility index (Phi) is 7.53. The van der Waals surface area contributed by atoms with Gasteiger partial charge in [0.1, 0.15) is 50.0 Å². The molecule has 2 aromatic carbocycles. The zero-order valence-electron chi connectivity index (χ0n) is 16.7. The highest BCUT2D eigenvalue weighted by Crippen LogP contribution is 2.18. The zero-order chi connectivity index (χ0) is 21.5. The summed E-state index contributed by atoms with van der Waals surface area (Å²) in [4.78, 5) is 14.8. The summed E-state index contributed by atoms with van der Waals surface area (Å²) < 4.78 is 47.5. The molecule has 0 atom stereocenters. The van der Waals surface area contributed by atoms with E-state index >= 15 is 0 Å². The Morgan fingerprint density at radius 2 is 1.73 bits per heavy atom. The lowest BCUT2D eigenvalue weighted by molar-refractivity contribution is -1.02. The molecule has 1 fully saturated rings. The van der Waals surface area contributed by atoms with Crippen LogP contribution in [0.5, 0.6) is 11.5 Å². The SMILES string of the molecule is COc1ccc(F)cc1C[NH+]1CC[NH+](CC(=O)Nc2ccc(OC(F)F)cc2)CC1. The van der Waals surface area contributed by atoms with Crippen molar-refractivity contribution in [3.8, 4) is 11.5 Å². The maximum atomic E-state index is 13.5. The molecule has 162 valence electrons. The van der Waals surface area contributed by atoms with Crippen LogP contribution in [0.15, 0.2) is 42.5 Å². The van der Waals surface area contributed by atoms with E-state index in [0.29, 0.717) is 24.5 Å². The highest BCUT2D eigenvalue weighted by atomic mass is 19.3. The quantitative estimate of drug-likeness (QED) is 0.573. The Morgan fingerprint density at radius 1 is 1.07 bits per heavy atom. The smallest absolute Gasteiger partial charge is 0.387 e. The minimum atomic E-state index is -2.88. The number of carbonyl (C=O) groups is 1. The summed E-state index contributed by atoms with van der Waals surface area (Å²) in [5, 5.41) is 2.77. The number of quaternary nitrogens is 2. The maximum Gasteiger partial charge on any atom is 0.387 e. The number of nitrogens with one attached hydrogen (secondary N) is 3. The average molecular weight is 425 g/mol. The normalized spacial score (nSPS) is 18.8. The number of methoxy groups -OCH3 is 1. The Hall–Kier alpha value is -2.78. The summed E-state index contributed by atoms with van der Waals surface area (Å²) in [5.41, 5.74) is 1.37. The van der Waals surface area contributed by atoms with Gasteiger partial charge < -0.3 is 24.6 Å². The minimum absolute atomic E-state index is 0.0441. The summed E-state index contributed by atoms with van der Waals surface area (Å²) in [5.74, 6) is 0.313. The zero-order valence-corrected chi connectivity index (χ0v) is 16.7. The molecule has 0 unspecified atom stereocenters. The molecule has 0 aliphatic carbocycles. The van der Waals surface area contributed by atoms with Crippen molar-refractivity contribution in [3.63, 3.8) is 0 Å². The molecule has 6 nitrogen and oxygen atoms in total. The second-order valence-electron chi connectivity index (χ2n) is 7.26. The van der Waals surface area contributed by atoms with Gasteiger partial charge in [-0.1, -0.05) is 0 Å². The fraction of sp³-hybridized carbons (Fsp3) is 0.381. The fourth-order valence-corrected chi connectivity index (χ4v) is 3.62. The molecule has 0 aromatic heterocycles. The number of piperazine rings is 1. The molecule has 30 heavy (non-hydrogen) atoms. The van der Waals surface area contributed by atoms with Crippen molar-refractivity contribution in [1.82, 2.24) is 0 Å². The lowest BCUT2D eigenvalue weighted by atomic mass is 10.1. The van der Waals surface area contributed by atoms with Crippen molar-refractivity contribution in [3.05, 3.63) is 53.8 Å². The molecular weight excluding hydrogens is 399 g/mol. The van der Waals surface area contributed by atoms with Crippen LogP contribution in [0.25, 0.3) is 0 Å². The summed E-state index contributed by atoms with van der Waals surface area (Å²) in [7, 11) is 1.58. The molecular formula is C21H26F3N3O3+2. The van der Waals surface area contributed by atoms with E-state index in [0.717, 1.165) is 31.7 Å². The van der Waals surface area contributed by atoms with Gasteiger partial charge in [0.05, 0.1) is 12.7 Å². The number of halogens is 3. The topological polar surface area (TPSA) is 56.4 Å². The highest BCUT2D eigenvalue weighted by molar-refractivity contribution is 5.91. The van der Waals surface area contributed by atoms with Crippen molar-refractivity contribution < 1.29 is 37.2 Å². The summed E-state index contributed by atoms with van der Waals surface area (Å²) in [6.45, 7) is 1.49. The Labute approximate surface area is 173 Å². The number of hydrogen-bond acceptors (Lipinski definition) is 3. The van der Waals surface area contributed by atoms with E-state index in [9.17, 15) is 18.0 Å². The van der Waals surface area contributed by atoms with Crippen molar-refractivity contribution in [2.45, 2.75) is 13.2 Å². The molecule has 1 heterocycles. The van der Waals surface area contributed by atoms with Crippen molar-refractivity contribution in [2.24, 2.45) is 0 Å². The fourth-order valence-electron chi connectivity index (χ4n) is 3.62. The first-order valence-corrected chi connectivity index (χ1v) is 9.77. The second kappa shape index (κ2) is 10.3. The maximum absolute atomic E-state index is 13.5. The van der Waals surface area contributed by atoms with Crippen LogP contribution >= 0.6 is 0 Å². The Bertz CT molecular complexity index is 841. The van der Waals surface area contributed by atoms with Crippen LogP contribution in [0.4, 0.5) is 18.9 Å². The van der Waals surface area contributed by atoms with Gasteiger partial charge in [-0.05, 0) is 42.5 Å². The number of carbonyl (C=O) groups excluding carboxylic acids is 1. The summed E-state index contributed by atoms with van der Waals surface area (Å²) in [6, 6.07) is 10.4. The minimum Gasteiger partial charge on any atom is -0.496 e. The van der Waals surface area contributed by atoms with Gasteiger partial charge in [0.15, 0.2) is 6.54 Å². The molecule has 3 rings (SSSR count). The number of hydrogen-bond donors (Lipinski definition) is 3. The van der Waals surface area contributed by atoms with Crippen LogP contribution in [0.1, 0.15) is 5.56 Å². The molecule has 1 aliphatic heterocycles. The predicted octanol–water partition coefficient (Wildman–Crippen LogP) is 0.358. The number of anilines is 1. The van der Waals surface area contributed by atoms with E-state index in [-0.39, 0.29) is 17.5 Å². The van der Waals surface area contributed by atoms with Crippen LogP contribution in [0, 0.1) is 5.82 Å². The van der Waals surface area contributed by atoms with Crippen molar-refractivity contribution in [1.29, 1.82) is 0 Å². The van der Waals surface area contributed by atoms with Gasteiger partial charge in [-0.2, -0.15) is 8.78 Å². The number of alkyl halides is 2. The highest BCUT2D eigenvalue weighted by Gasteiger charge is 2.25. The van der Waals surface area contributed by atoms with Crippen LogP contribution in [-0.2, 0) is 11.3 Å². The third-order valence-corrected chi connectivity index (χ3v) is 5.12. The molecule has 0 saturated carbocycles. The first-order valence-electron chi connectivity index (χ1n) is 9.77. The van der Waals surface area contributed by atoms with Gasteiger partial charge in [0, 0.05) is 5.69 Å². The van der Waals surface area contributed by atoms with E-state index in [1.165, 1.54) is 46.2 Å². The van der Waals surface area contributed by atoms with Crippen LogP contribution < -0.4 is 24.6 Å². The molecule has 9 heteroatoms. The Balaban J connectivity index is 1.44. The van der Waals surface area contributed by atoms with Crippen LogP contribution in [-0.4, -0.2) is 52.4 Å². The average Bonchev–Trinajstić information content (AvgIpc) is 2.71. The third kappa shape index (κ3) is 6.36. The molecule has 1 aliphatic rings. The monoisotopic (exact) mass is 425 g/mol. The van der Waals surface area contributed by atoms with Gasteiger partial charge >= 0.3 is 6.61 Å². The second-order valence-corrected chi connectivity index (χ2v) is 7.26. The molecule has 0 spiro atoms. The molecule has 2 aromatic rings. The molecule has 1 saturated heterocycles. The standard InChI is InChI=1S/C21H24F3N3O3/c1-29-19-7-2-16(22)12-15(19)13-26-8-10-27(11-9-26)14-20(28)25-17-3-5-18(6-4-17)30-21(23)24/h2-7,12,21H,8-11,13-14H2,1H3,(H,25,28)/p+2. The molecule has 0 bridgehead atoms. The van der Waals surface area contributed by atoms with E-state index in [4.69, 9.17) is 4.74 Å². The summed E-state index contributed by atoms with van der Waals surface area (Å²) >= 11 is 0. The summed E-state index contributed by atoms with van der Waals surface area (Å²) in [6.07, 6.45) is 0. The van der Waals surface area contributed by atoms with Crippen LogP contribution in [0.3, 0.4) is 0 Å². The molecule has 1 amide bonds. The van der Waals surface area contributed by atoms with Gasteiger partial charge in [0.2, 0.25) is 0 Å². The van der Waals surface area contributed by atoms with Crippen molar-refractivity contribution >= 4 is 11.6 Å². The van der Waals surface area contributed by atoms with Crippen molar-refractivity contribution in [2.75, 3.05) is 45.2 Å².